The third-order valence-corrected chi connectivity index (χ3v) is 8.20. The number of allylic oxidation sites excluding steroid dienone is 3. The van der Waals surface area contributed by atoms with Crippen LogP contribution in [0.15, 0.2) is 59.1 Å². The minimum Gasteiger partial charge on any atom is -0.511 e. The molecule has 1 amide bonds. The molecule has 202 valence electrons. The summed E-state index contributed by atoms with van der Waals surface area (Å²) in [5.74, 6) is -6.30. The van der Waals surface area contributed by atoms with Gasteiger partial charge in [0, 0.05) is 17.9 Å². The van der Waals surface area contributed by atoms with Crippen molar-refractivity contribution in [2.24, 2.45) is 17.6 Å². The summed E-state index contributed by atoms with van der Waals surface area (Å²) in [6, 6.07) is 8.60. The summed E-state index contributed by atoms with van der Waals surface area (Å²) in [5, 5.41) is 53.8. The topological polar surface area (TPSA) is 178 Å². The molecule has 9 nitrogen and oxygen atoms in total. The second kappa shape index (κ2) is 9.43. The number of ketones is 2. The molecule has 0 bridgehead atoms. The van der Waals surface area contributed by atoms with Crippen LogP contribution in [0.5, 0.6) is 11.5 Å². The van der Waals surface area contributed by atoms with Gasteiger partial charge in [-0.25, -0.2) is 0 Å². The number of fused-ring (bicyclic) bond motifs is 3. The zero-order chi connectivity index (χ0) is 28.2. The molecule has 39 heavy (non-hydrogen) atoms. The van der Waals surface area contributed by atoms with E-state index in [9.17, 15) is 39.9 Å². The molecule has 0 spiro atoms. The minimum absolute atomic E-state index is 0.0374. The molecule has 0 unspecified atom stereocenters. The van der Waals surface area contributed by atoms with Crippen molar-refractivity contribution in [1.29, 1.82) is 0 Å². The molecule has 3 aliphatic carbocycles. The van der Waals surface area contributed by atoms with Gasteiger partial charge in [-0.15, -0.1) is 0 Å². The highest BCUT2D eigenvalue weighted by atomic mass is 16.3. The van der Waals surface area contributed by atoms with E-state index in [-0.39, 0.29) is 41.9 Å². The Morgan fingerprint density at radius 1 is 1.08 bits per heavy atom. The van der Waals surface area contributed by atoms with Gasteiger partial charge < -0.3 is 31.3 Å². The number of phenols is 2. The fourth-order valence-corrected chi connectivity index (χ4v) is 6.21. The monoisotopic (exact) mass is 531 g/mol. The Morgan fingerprint density at radius 2 is 1.79 bits per heavy atom. The number of aryl methyl sites for hydroxylation is 1. The third-order valence-electron chi connectivity index (χ3n) is 8.20. The molecule has 9 heteroatoms. The van der Waals surface area contributed by atoms with E-state index >= 15 is 0 Å². The minimum atomic E-state index is -2.59. The van der Waals surface area contributed by atoms with Crippen LogP contribution in [0, 0.1) is 11.8 Å². The highest BCUT2D eigenvalue weighted by Gasteiger charge is 2.59. The maximum atomic E-state index is 13.6. The first-order valence-electron chi connectivity index (χ1n) is 12.8. The summed E-state index contributed by atoms with van der Waals surface area (Å²) in [5.41, 5.74) is 4.42. The Hall–Kier alpha value is -4.37. The lowest BCUT2D eigenvalue weighted by atomic mass is 9.60. The van der Waals surface area contributed by atoms with E-state index in [0.717, 1.165) is 11.1 Å². The molecular weight excluding hydrogens is 502 g/mol. The van der Waals surface area contributed by atoms with Gasteiger partial charge in [-0.1, -0.05) is 43.3 Å². The summed E-state index contributed by atoms with van der Waals surface area (Å²) in [4.78, 5) is 38.5. The van der Waals surface area contributed by atoms with Crippen LogP contribution in [-0.4, -0.2) is 48.6 Å². The number of phenolic OH excluding ortho intramolecular Hbond substituents is 2. The van der Waals surface area contributed by atoms with E-state index in [0.29, 0.717) is 24.0 Å². The quantitative estimate of drug-likeness (QED) is 0.319. The van der Waals surface area contributed by atoms with Crippen molar-refractivity contribution < 1.29 is 39.9 Å². The molecule has 2 aromatic carbocycles. The summed E-state index contributed by atoms with van der Waals surface area (Å²) in [6.07, 6.45) is 4.79. The van der Waals surface area contributed by atoms with Crippen molar-refractivity contribution in [1.82, 2.24) is 0 Å². The van der Waals surface area contributed by atoms with Crippen LogP contribution < -0.4 is 5.73 Å². The van der Waals surface area contributed by atoms with Crippen molar-refractivity contribution >= 4 is 23.5 Å². The van der Waals surface area contributed by atoms with Crippen LogP contribution in [0.3, 0.4) is 0 Å². The fourth-order valence-electron chi connectivity index (χ4n) is 6.21. The number of nitrogens with two attached hydrogens (primary N) is 1. The van der Waals surface area contributed by atoms with Crippen molar-refractivity contribution in [2.45, 2.75) is 44.6 Å². The largest absolute Gasteiger partial charge is 0.511 e. The van der Waals surface area contributed by atoms with Crippen LogP contribution in [0.2, 0.25) is 0 Å². The lowest BCUT2D eigenvalue weighted by Crippen LogP contribution is -2.57. The lowest BCUT2D eigenvalue weighted by molar-refractivity contribution is -0.144. The summed E-state index contributed by atoms with van der Waals surface area (Å²) >= 11 is 0. The SMILES string of the molecule is CCc1cccc(C/C=C\c2ccc(O)c3c2C[C@H]2C[C@H]4CC(O)=C(C(N)=O)C(=O)[C@@]4(O)C(O)=C2C3=O)c1O. The zero-order valence-electron chi connectivity index (χ0n) is 21.3. The third kappa shape index (κ3) is 3.92. The maximum Gasteiger partial charge on any atom is 0.255 e. The second-order valence-electron chi connectivity index (χ2n) is 10.3. The van der Waals surface area contributed by atoms with E-state index in [2.05, 4.69) is 0 Å². The summed E-state index contributed by atoms with van der Waals surface area (Å²) in [6.45, 7) is 1.96. The molecule has 5 rings (SSSR count). The molecule has 2 aromatic rings. The van der Waals surface area contributed by atoms with Gasteiger partial charge in [0.1, 0.15) is 28.6 Å². The summed E-state index contributed by atoms with van der Waals surface area (Å²) < 4.78 is 0. The molecule has 3 atom stereocenters. The van der Waals surface area contributed by atoms with Crippen LogP contribution in [0.4, 0.5) is 0 Å². The number of hydrogen-bond donors (Lipinski definition) is 6. The number of carbonyl (C=O) groups is 3. The van der Waals surface area contributed by atoms with Crippen molar-refractivity contribution in [3.05, 3.63) is 86.9 Å². The van der Waals surface area contributed by atoms with E-state index in [1.54, 1.807) is 12.1 Å². The number of primary amides is 1. The molecule has 3 aliphatic rings. The molecule has 0 fully saturated rings. The number of hydrogen-bond acceptors (Lipinski definition) is 8. The first-order chi connectivity index (χ1) is 18.5. The number of benzene rings is 2. The molecule has 0 saturated heterocycles. The molecule has 0 radical (unpaired) electrons. The van der Waals surface area contributed by atoms with E-state index in [1.165, 1.54) is 6.07 Å². The van der Waals surface area contributed by atoms with Gasteiger partial charge in [-0.3, -0.25) is 14.4 Å². The van der Waals surface area contributed by atoms with Crippen LogP contribution in [0.25, 0.3) is 6.08 Å². The Balaban J connectivity index is 1.53. The highest BCUT2D eigenvalue weighted by Crippen LogP contribution is 2.51. The van der Waals surface area contributed by atoms with Crippen molar-refractivity contribution in [3.8, 4) is 11.5 Å². The van der Waals surface area contributed by atoms with Gasteiger partial charge in [0.2, 0.25) is 5.78 Å². The first-order valence-corrected chi connectivity index (χ1v) is 12.8. The smallest absolute Gasteiger partial charge is 0.255 e. The summed E-state index contributed by atoms with van der Waals surface area (Å²) in [7, 11) is 0. The molecule has 0 saturated carbocycles. The number of aromatic hydroxyl groups is 2. The number of Topliss-reactive ketones (excluding diaryl/α,β-unsaturated/α-hetero) is 2. The van der Waals surface area contributed by atoms with Crippen LogP contribution in [0.1, 0.15) is 52.4 Å². The van der Waals surface area contributed by atoms with Gasteiger partial charge in [0.05, 0.1) is 5.56 Å². The van der Waals surface area contributed by atoms with Crippen molar-refractivity contribution in [2.75, 3.05) is 0 Å². The number of para-hydroxylation sites is 1. The zero-order valence-corrected chi connectivity index (χ0v) is 21.3. The van der Waals surface area contributed by atoms with Crippen LogP contribution >= 0.6 is 0 Å². The Bertz CT molecular complexity index is 1530. The Morgan fingerprint density at radius 3 is 2.49 bits per heavy atom. The molecule has 0 aliphatic heterocycles. The predicted octanol–water partition coefficient (Wildman–Crippen LogP) is 3.10. The normalized spacial score (nSPS) is 24.6. The number of amides is 1. The van der Waals surface area contributed by atoms with Crippen molar-refractivity contribution in [3.63, 3.8) is 0 Å². The van der Waals surface area contributed by atoms with E-state index in [1.807, 2.05) is 31.2 Å². The number of rotatable bonds is 5. The average Bonchev–Trinajstić information content (AvgIpc) is 2.88. The number of carbonyl (C=O) groups excluding carboxylic acids is 3. The van der Waals surface area contributed by atoms with Gasteiger partial charge in [0.25, 0.3) is 5.91 Å². The predicted molar refractivity (Wildman–Crippen MR) is 141 cm³/mol. The molecular formula is C30H29NO8. The maximum absolute atomic E-state index is 13.6. The second-order valence-corrected chi connectivity index (χ2v) is 10.3. The molecule has 7 N–H and O–H groups in total. The first kappa shape index (κ1) is 26.2. The standard InChI is InChI=1S/C30H29NO8/c1-2-14-5-3-7-16(25(14)34)8-4-6-15-9-10-20(32)23-19(15)12-17-11-18-13-21(33)24(29(31)38)28(37)30(18,39)27(36)22(17)26(23)35/h3-7,9-10,17-18,32-34,36,39H,2,8,11-13H2,1H3,(H2,31,38)/b6-4-/t17-,18+,30+/m1/s1. The number of aliphatic hydroxyl groups excluding tert-OH is 2. The highest BCUT2D eigenvalue weighted by molar-refractivity contribution is 6.24. The van der Waals surface area contributed by atoms with Gasteiger partial charge in [0.15, 0.2) is 11.4 Å². The van der Waals surface area contributed by atoms with Crippen LogP contribution in [-0.2, 0) is 28.9 Å². The van der Waals surface area contributed by atoms with E-state index in [4.69, 9.17) is 5.73 Å². The number of aliphatic hydroxyl groups is 3. The molecule has 0 aromatic heterocycles. The average molecular weight is 532 g/mol. The lowest BCUT2D eigenvalue weighted by Gasteiger charge is -2.45. The fraction of sp³-hybridized carbons (Fsp3) is 0.300. The molecule has 0 heterocycles. The Kier molecular flexibility index (Phi) is 6.34. The van der Waals surface area contributed by atoms with Gasteiger partial charge in [-0.2, -0.15) is 0 Å². The van der Waals surface area contributed by atoms with E-state index < -0.39 is 52.0 Å². The van der Waals surface area contributed by atoms with Gasteiger partial charge >= 0.3 is 0 Å². The van der Waals surface area contributed by atoms with Gasteiger partial charge in [-0.05, 0) is 59.9 Å². The Labute approximate surface area is 224 Å².